The van der Waals surface area contributed by atoms with Gasteiger partial charge in [0.15, 0.2) is 0 Å². The lowest BCUT2D eigenvalue weighted by molar-refractivity contribution is 0.0989. The monoisotopic (exact) mass is 298 g/mol. The molecular formula is C13H19ClN4O2. The largest absolute Gasteiger partial charge is 0.449 e. The van der Waals surface area contributed by atoms with E-state index in [4.69, 9.17) is 16.3 Å². The number of nitrogens with zero attached hydrogens (tertiary/aromatic N) is 4. The Hall–Kier alpha value is -1.56. The molecule has 0 unspecified atom stereocenters. The van der Waals surface area contributed by atoms with E-state index < -0.39 is 0 Å². The first-order valence-corrected chi connectivity index (χ1v) is 7.22. The molecule has 1 fully saturated rings. The van der Waals surface area contributed by atoms with Crippen molar-refractivity contribution in [2.75, 3.05) is 37.7 Å². The fraction of sp³-hybridized carbons (Fsp3) is 0.615. The average Bonchev–Trinajstić information content (AvgIpc) is 2.47. The summed E-state index contributed by atoms with van der Waals surface area (Å²) in [7, 11) is 0. The van der Waals surface area contributed by atoms with E-state index in [2.05, 4.69) is 21.8 Å². The molecule has 0 atom stereocenters. The van der Waals surface area contributed by atoms with E-state index in [9.17, 15) is 4.79 Å². The number of hydrogen-bond acceptors (Lipinski definition) is 5. The van der Waals surface area contributed by atoms with Gasteiger partial charge in [0.2, 0.25) is 0 Å². The SMILES string of the molecule is CCCCOC(=O)N1CCN(c2cncc(Cl)n2)CC1. The van der Waals surface area contributed by atoms with Gasteiger partial charge in [-0.05, 0) is 6.42 Å². The zero-order valence-corrected chi connectivity index (χ0v) is 12.3. The van der Waals surface area contributed by atoms with Crippen LogP contribution in [0.15, 0.2) is 12.4 Å². The summed E-state index contributed by atoms with van der Waals surface area (Å²) in [5.41, 5.74) is 0. The lowest BCUT2D eigenvalue weighted by Gasteiger charge is -2.34. The number of amides is 1. The Morgan fingerprint density at radius 3 is 2.75 bits per heavy atom. The molecule has 1 aromatic rings. The molecule has 20 heavy (non-hydrogen) atoms. The summed E-state index contributed by atoms with van der Waals surface area (Å²) in [6.45, 7) is 5.22. The van der Waals surface area contributed by atoms with Crippen molar-refractivity contribution < 1.29 is 9.53 Å². The van der Waals surface area contributed by atoms with Crippen LogP contribution in [0.1, 0.15) is 19.8 Å². The van der Waals surface area contributed by atoms with Crippen LogP contribution in [0, 0.1) is 0 Å². The van der Waals surface area contributed by atoms with Crippen molar-refractivity contribution in [1.82, 2.24) is 14.9 Å². The van der Waals surface area contributed by atoms with Gasteiger partial charge in [-0.15, -0.1) is 0 Å². The van der Waals surface area contributed by atoms with Crippen molar-refractivity contribution in [1.29, 1.82) is 0 Å². The van der Waals surface area contributed by atoms with E-state index >= 15 is 0 Å². The summed E-state index contributed by atoms with van der Waals surface area (Å²) in [6.07, 6.45) is 4.89. The van der Waals surface area contributed by atoms with E-state index in [1.54, 1.807) is 11.1 Å². The smallest absolute Gasteiger partial charge is 0.409 e. The molecule has 110 valence electrons. The van der Waals surface area contributed by atoms with Crippen molar-refractivity contribution >= 4 is 23.5 Å². The molecule has 2 heterocycles. The molecule has 6 nitrogen and oxygen atoms in total. The van der Waals surface area contributed by atoms with Gasteiger partial charge in [0, 0.05) is 26.2 Å². The van der Waals surface area contributed by atoms with Crippen molar-refractivity contribution in [3.8, 4) is 0 Å². The molecule has 0 saturated carbocycles. The molecule has 0 N–H and O–H groups in total. The Morgan fingerprint density at radius 1 is 1.35 bits per heavy atom. The number of anilines is 1. The van der Waals surface area contributed by atoms with Crippen molar-refractivity contribution in [2.24, 2.45) is 0 Å². The van der Waals surface area contributed by atoms with E-state index in [1.165, 1.54) is 6.20 Å². The third-order valence-corrected chi connectivity index (χ3v) is 3.36. The molecule has 2 rings (SSSR count). The number of piperazine rings is 1. The van der Waals surface area contributed by atoms with Crippen LogP contribution in [0.5, 0.6) is 0 Å². The highest BCUT2D eigenvalue weighted by Gasteiger charge is 2.22. The number of ether oxygens (including phenoxy) is 1. The summed E-state index contributed by atoms with van der Waals surface area (Å²) in [5.74, 6) is 0.747. The van der Waals surface area contributed by atoms with Crippen molar-refractivity contribution in [2.45, 2.75) is 19.8 Å². The molecule has 7 heteroatoms. The van der Waals surface area contributed by atoms with E-state index in [0.717, 1.165) is 18.7 Å². The van der Waals surface area contributed by atoms with Gasteiger partial charge in [0.1, 0.15) is 11.0 Å². The van der Waals surface area contributed by atoms with Crippen LogP contribution in [0.2, 0.25) is 5.15 Å². The first kappa shape index (κ1) is 14.8. The van der Waals surface area contributed by atoms with Gasteiger partial charge in [0.25, 0.3) is 0 Å². The second kappa shape index (κ2) is 7.28. The minimum Gasteiger partial charge on any atom is -0.449 e. The third-order valence-electron chi connectivity index (χ3n) is 3.18. The molecule has 0 aliphatic carbocycles. The molecule has 1 saturated heterocycles. The van der Waals surface area contributed by atoms with Gasteiger partial charge in [0.05, 0.1) is 19.0 Å². The second-order valence-electron chi connectivity index (χ2n) is 4.64. The first-order chi connectivity index (χ1) is 9.70. The van der Waals surface area contributed by atoms with Crippen LogP contribution in [-0.2, 0) is 4.74 Å². The van der Waals surface area contributed by atoms with E-state index in [1.807, 2.05) is 0 Å². The highest BCUT2D eigenvalue weighted by molar-refractivity contribution is 6.29. The normalized spacial score (nSPS) is 15.3. The van der Waals surface area contributed by atoms with Gasteiger partial charge in [-0.1, -0.05) is 24.9 Å². The fourth-order valence-corrected chi connectivity index (χ4v) is 2.14. The summed E-state index contributed by atoms with van der Waals surface area (Å²) >= 11 is 5.83. The van der Waals surface area contributed by atoms with Gasteiger partial charge in [-0.25, -0.2) is 9.78 Å². The first-order valence-electron chi connectivity index (χ1n) is 6.85. The van der Waals surface area contributed by atoms with Crippen LogP contribution < -0.4 is 4.90 Å². The van der Waals surface area contributed by atoms with E-state index in [0.29, 0.717) is 37.9 Å². The lowest BCUT2D eigenvalue weighted by Crippen LogP contribution is -2.49. The summed E-state index contributed by atoms with van der Waals surface area (Å²) in [6, 6.07) is 0. The predicted molar refractivity (Wildman–Crippen MR) is 77.1 cm³/mol. The molecule has 0 aromatic carbocycles. The predicted octanol–water partition coefficient (Wildman–Crippen LogP) is 2.19. The molecule has 1 amide bonds. The Kier molecular flexibility index (Phi) is 5.40. The van der Waals surface area contributed by atoms with Crippen LogP contribution in [0.4, 0.5) is 10.6 Å². The number of aromatic nitrogens is 2. The van der Waals surface area contributed by atoms with E-state index in [-0.39, 0.29) is 6.09 Å². The number of unbranched alkanes of at least 4 members (excludes halogenated alkanes) is 1. The van der Waals surface area contributed by atoms with Crippen LogP contribution in [0.25, 0.3) is 0 Å². The molecule has 1 aliphatic heterocycles. The van der Waals surface area contributed by atoms with Crippen molar-refractivity contribution in [3.63, 3.8) is 0 Å². The van der Waals surface area contributed by atoms with Crippen LogP contribution in [-0.4, -0.2) is 53.7 Å². The summed E-state index contributed by atoms with van der Waals surface area (Å²) < 4.78 is 5.20. The van der Waals surface area contributed by atoms with Crippen LogP contribution >= 0.6 is 11.6 Å². The maximum Gasteiger partial charge on any atom is 0.409 e. The quantitative estimate of drug-likeness (QED) is 0.798. The number of hydrogen-bond donors (Lipinski definition) is 0. The molecule has 0 bridgehead atoms. The number of rotatable bonds is 4. The fourth-order valence-electron chi connectivity index (χ4n) is 2.00. The molecule has 1 aromatic heterocycles. The highest BCUT2D eigenvalue weighted by Crippen LogP contribution is 2.15. The summed E-state index contributed by atoms with van der Waals surface area (Å²) in [4.78, 5) is 23.8. The topological polar surface area (TPSA) is 58.6 Å². The van der Waals surface area contributed by atoms with Gasteiger partial charge in [-0.2, -0.15) is 0 Å². The molecule has 0 spiro atoms. The molecule has 0 radical (unpaired) electrons. The maximum absolute atomic E-state index is 11.8. The Bertz CT molecular complexity index is 450. The zero-order valence-electron chi connectivity index (χ0n) is 11.6. The number of carbonyl (C=O) groups excluding carboxylic acids is 1. The van der Waals surface area contributed by atoms with Crippen LogP contribution in [0.3, 0.4) is 0 Å². The molecule has 1 aliphatic rings. The standard InChI is InChI=1S/C13H19ClN4O2/c1-2-3-8-20-13(19)18-6-4-17(5-7-18)12-10-15-9-11(14)16-12/h9-10H,2-8H2,1H3. The lowest BCUT2D eigenvalue weighted by atomic mass is 10.3. The minimum absolute atomic E-state index is 0.227. The highest BCUT2D eigenvalue weighted by atomic mass is 35.5. The number of halogens is 1. The number of carbonyl (C=O) groups is 1. The van der Waals surface area contributed by atoms with Gasteiger partial charge >= 0.3 is 6.09 Å². The Balaban J connectivity index is 1.81. The Labute approximate surface area is 123 Å². The Morgan fingerprint density at radius 2 is 2.10 bits per heavy atom. The molecular weight excluding hydrogens is 280 g/mol. The maximum atomic E-state index is 11.8. The third kappa shape index (κ3) is 3.96. The average molecular weight is 299 g/mol. The minimum atomic E-state index is -0.227. The second-order valence-corrected chi connectivity index (χ2v) is 5.03. The van der Waals surface area contributed by atoms with Crippen molar-refractivity contribution in [3.05, 3.63) is 17.5 Å². The van der Waals surface area contributed by atoms with Gasteiger partial charge in [-0.3, -0.25) is 4.98 Å². The van der Waals surface area contributed by atoms with Gasteiger partial charge < -0.3 is 14.5 Å². The zero-order chi connectivity index (χ0) is 14.4. The summed E-state index contributed by atoms with van der Waals surface area (Å²) in [5, 5.41) is 0.379.